The van der Waals surface area contributed by atoms with Crippen LogP contribution in [0.1, 0.15) is 20.4 Å². The largest absolute Gasteiger partial charge is 0.352 e. The molecule has 1 fully saturated rings. The van der Waals surface area contributed by atoms with Crippen molar-refractivity contribution in [2.45, 2.75) is 19.9 Å². The number of nitrogens with one attached hydrogen (secondary N) is 1. The van der Waals surface area contributed by atoms with Gasteiger partial charge in [0.2, 0.25) is 0 Å². The molecule has 20 heavy (non-hydrogen) atoms. The molecule has 1 aliphatic rings. The molecule has 104 valence electrons. The minimum Gasteiger partial charge on any atom is -0.352 e. The molecule has 0 bridgehead atoms. The Bertz CT molecular complexity index is 619. The number of nitrogens with zero attached hydrogens (tertiary/aromatic N) is 3. The van der Waals surface area contributed by atoms with Gasteiger partial charge in [0.05, 0.1) is 16.7 Å². The van der Waals surface area contributed by atoms with Crippen LogP contribution in [0.3, 0.4) is 0 Å². The normalized spacial score (nSPS) is 15.0. The third-order valence-corrected chi connectivity index (χ3v) is 4.37. The summed E-state index contributed by atoms with van der Waals surface area (Å²) in [7, 11) is 0. The number of hydrogen-bond donors (Lipinski definition) is 1. The average Bonchev–Trinajstić information content (AvgIpc) is 2.73. The quantitative estimate of drug-likeness (QED) is 0.935. The molecule has 2 aromatic heterocycles. The van der Waals surface area contributed by atoms with E-state index in [-0.39, 0.29) is 11.9 Å². The molecule has 1 N–H and O–H groups in total. The number of hydrogen-bond acceptors (Lipinski definition) is 5. The molecule has 3 heterocycles. The van der Waals surface area contributed by atoms with Crippen LogP contribution in [0.15, 0.2) is 24.4 Å². The van der Waals surface area contributed by atoms with Crippen LogP contribution in [0, 0.1) is 13.8 Å². The molecule has 0 aliphatic carbocycles. The van der Waals surface area contributed by atoms with Crippen molar-refractivity contribution in [3.05, 3.63) is 40.0 Å². The zero-order valence-electron chi connectivity index (χ0n) is 11.5. The van der Waals surface area contributed by atoms with Crippen LogP contribution >= 0.6 is 11.3 Å². The molecule has 1 aliphatic heterocycles. The predicted molar refractivity (Wildman–Crippen MR) is 79.3 cm³/mol. The van der Waals surface area contributed by atoms with Gasteiger partial charge in [-0.25, -0.2) is 9.97 Å². The Morgan fingerprint density at radius 3 is 2.80 bits per heavy atom. The maximum absolute atomic E-state index is 12.2. The van der Waals surface area contributed by atoms with E-state index in [4.69, 9.17) is 0 Å². The topological polar surface area (TPSA) is 58.1 Å². The molecule has 1 amide bonds. The van der Waals surface area contributed by atoms with Crippen molar-refractivity contribution in [1.82, 2.24) is 15.3 Å². The first-order valence-corrected chi connectivity index (χ1v) is 7.36. The Hall–Kier alpha value is -1.95. The van der Waals surface area contributed by atoms with E-state index < -0.39 is 0 Å². The summed E-state index contributed by atoms with van der Waals surface area (Å²) in [5, 5.41) is 3.98. The third kappa shape index (κ3) is 2.51. The SMILES string of the molecule is Cc1nc(C)c(C(=O)NC2CN(c3ccccn3)C2)s1. The van der Waals surface area contributed by atoms with Gasteiger partial charge in [-0.1, -0.05) is 6.07 Å². The second-order valence-electron chi connectivity index (χ2n) is 4.91. The van der Waals surface area contributed by atoms with E-state index in [1.54, 1.807) is 6.20 Å². The van der Waals surface area contributed by atoms with E-state index >= 15 is 0 Å². The van der Waals surface area contributed by atoms with Gasteiger partial charge in [-0.3, -0.25) is 4.79 Å². The summed E-state index contributed by atoms with van der Waals surface area (Å²) in [5.74, 6) is 0.946. The molecule has 0 aromatic carbocycles. The Labute approximate surface area is 121 Å². The standard InChI is InChI=1S/C14H16N4OS/c1-9-13(20-10(2)16-9)14(19)17-11-7-18(8-11)12-5-3-4-6-15-12/h3-6,11H,7-8H2,1-2H3,(H,17,19). The zero-order chi connectivity index (χ0) is 14.1. The maximum atomic E-state index is 12.2. The highest BCUT2D eigenvalue weighted by Crippen LogP contribution is 2.20. The third-order valence-electron chi connectivity index (χ3n) is 3.30. The molecule has 6 heteroatoms. The van der Waals surface area contributed by atoms with Crippen molar-refractivity contribution >= 4 is 23.1 Å². The highest BCUT2D eigenvalue weighted by molar-refractivity contribution is 7.13. The van der Waals surface area contributed by atoms with Crippen molar-refractivity contribution < 1.29 is 4.79 Å². The van der Waals surface area contributed by atoms with Gasteiger partial charge in [0.25, 0.3) is 5.91 Å². The number of carbonyl (C=O) groups excluding carboxylic acids is 1. The second-order valence-corrected chi connectivity index (χ2v) is 6.11. The number of thiazole rings is 1. The van der Waals surface area contributed by atoms with Gasteiger partial charge in [-0.05, 0) is 26.0 Å². The summed E-state index contributed by atoms with van der Waals surface area (Å²) in [4.78, 5) is 23.6. The average molecular weight is 288 g/mol. The number of rotatable bonds is 3. The first-order chi connectivity index (χ1) is 9.63. The minimum absolute atomic E-state index is 0.0150. The summed E-state index contributed by atoms with van der Waals surface area (Å²) in [6.07, 6.45) is 1.78. The van der Waals surface area contributed by atoms with Crippen LogP contribution in [0.2, 0.25) is 0 Å². The molecule has 0 spiro atoms. The van der Waals surface area contributed by atoms with Crippen LogP contribution in [-0.4, -0.2) is 35.0 Å². The van der Waals surface area contributed by atoms with Gasteiger partial charge < -0.3 is 10.2 Å². The van der Waals surface area contributed by atoms with Crippen molar-refractivity contribution in [2.24, 2.45) is 0 Å². The number of pyridine rings is 1. The van der Waals surface area contributed by atoms with Crippen LogP contribution in [0.5, 0.6) is 0 Å². The number of aromatic nitrogens is 2. The van der Waals surface area contributed by atoms with Crippen molar-refractivity contribution in [3.8, 4) is 0 Å². The van der Waals surface area contributed by atoms with Crippen molar-refractivity contribution in [3.63, 3.8) is 0 Å². The van der Waals surface area contributed by atoms with E-state index in [0.717, 1.165) is 34.5 Å². The van der Waals surface area contributed by atoms with Gasteiger partial charge in [-0.15, -0.1) is 11.3 Å². The van der Waals surface area contributed by atoms with E-state index in [1.807, 2.05) is 32.0 Å². The molecule has 5 nitrogen and oxygen atoms in total. The van der Waals surface area contributed by atoms with Gasteiger partial charge in [-0.2, -0.15) is 0 Å². The molecule has 0 atom stereocenters. The van der Waals surface area contributed by atoms with E-state index in [1.165, 1.54) is 11.3 Å². The van der Waals surface area contributed by atoms with E-state index in [9.17, 15) is 4.79 Å². The molecule has 3 rings (SSSR count). The highest BCUT2D eigenvalue weighted by atomic mass is 32.1. The van der Waals surface area contributed by atoms with Crippen LogP contribution in [0.4, 0.5) is 5.82 Å². The lowest BCUT2D eigenvalue weighted by atomic mass is 10.1. The fourth-order valence-electron chi connectivity index (χ4n) is 2.29. The summed E-state index contributed by atoms with van der Waals surface area (Å²) < 4.78 is 0. The summed E-state index contributed by atoms with van der Waals surface area (Å²) in [5.41, 5.74) is 0.811. The number of carbonyl (C=O) groups is 1. The zero-order valence-corrected chi connectivity index (χ0v) is 12.3. The van der Waals surface area contributed by atoms with Gasteiger partial charge in [0.1, 0.15) is 10.7 Å². The molecular formula is C14H16N4OS. The monoisotopic (exact) mass is 288 g/mol. The first kappa shape index (κ1) is 13.1. The fourth-order valence-corrected chi connectivity index (χ4v) is 3.11. The molecule has 0 unspecified atom stereocenters. The summed E-state index contributed by atoms with van der Waals surface area (Å²) in [6, 6.07) is 6.04. The van der Waals surface area contributed by atoms with Gasteiger partial charge >= 0.3 is 0 Å². The lowest BCUT2D eigenvalue weighted by Gasteiger charge is -2.40. The fraction of sp³-hybridized carbons (Fsp3) is 0.357. The minimum atomic E-state index is -0.0150. The van der Waals surface area contributed by atoms with E-state index in [2.05, 4.69) is 20.2 Å². The van der Waals surface area contributed by atoms with Gasteiger partial charge in [0, 0.05) is 19.3 Å². The van der Waals surface area contributed by atoms with Crippen LogP contribution < -0.4 is 10.2 Å². The van der Waals surface area contributed by atoms with Crippen LogP contribution in [-0.2, 0) is 0 Å². The lowest BCUT2D eigenvalue weighted by Crippen LogP contribution is -2.59. The first-order valence-electron chi connectivity index (χ1n) is 6.54. The number of aryl methyl sites for hydroxylation is 2. The summed E-state index contributed by atoms with van der Waals surface area (Å²) in [6.45, 7) is 5.40. The number of anilines is 1. The number of amides is 1. The summed E-state index contributed by atoms with van der Waals surface area (Å²) >= 11 is 1.45. The smallest absolute Gasteiger partial charge is 0.263 e. The van der Waals surface area contributed by atoms with E-state index in [0.29, 0.717) is 0 Å². The Morgan fingerprint density at radius 2 is 2.20 bits per heavy atom. The predicted octanol–water partition coefficient (Wildman–Crippen LogP) is 1.77. The molecule has 0 saturated carbocycles. The van der Waals surface area contributed by atoms with Crippen LogP contribution in [0.25, 0.3) is 0 Å². The lowest BCUT2D eigenvalue weighted by molar-refractivity contribution is 0.0933. The van der Waals surface area contributed by atoms with Crippen molar-refractivity contribution in [2.75, 3.05) is 18.0 Å². The van der Waals surface area contributed by atoms with Crippen molar-refractivity contribution in [1.29, 1.82) is 0 Å². The molecule has 2 aromatic rings. The Balaban J connectivity index is 1.56. The maximum Gasteiger partial charge on any atom is 0.263 e. The Kier molecular flexibility index (Phi) is 3.40. The molecular weight excluding hydrogens is 272 g/mol. The highest BCUT2D eigenvalue weighted by Gasteiger charge is 2.29. The molecule has 1 saturated heterocycles. The molecule has 0 radical (unpaired) electrons. The Morgan fingerprint density at radius 1 is 1.40 bits per heavy atom. The second kappa shape index (κ2) is 5.20. The van der Waals surface area contributed by atoms with Gasteiger partial charge in [0.15, 0.2) is 0 Å².